The maximum atomic E-state index is 6.20. The maximum Gasteiger partial charge on any atom is 0.107 e. The van der Waals surface area contributed by atoms with Gasteiger partial charge in [0.15, 0.2) is 0 Å². The summed E-state index contributed by atoms with van der Waals surface area (Å²) in [5, 5.41) is 1.12. The van der Waals surface area contributed by atoms with Gasteiger partial charge >= 0.3 is 0 Å². The van der Waals surface area contributed by atoms with E-state index in [9.17, 15) is 0 Å². The predicted molar refractivity (Wildman–Crippen MR) is 104 cm³/mol. The molecule has 0 aliphatic heterocycles. The molecular weight excluding hydrogens is 329 g/mol. The summed E-state index contributed by atoms with van der Waals surface area (Å²) in [4.78, 5) is 17.4. The highest BCUT2D eigenvalue weighted by Gasteiger charge is 2.06. The van der Waals surface area contributed by atoms with Gasteiger partial charge < -0.3 is 5.73 Å². The molecule has 2 N–H and O–H groups in total. The molecule has 1 unspecified atom stereocenters. The second-order valence-electron chi connectivity index (χ2n) is 5.31. The summed E-state index contributed by atoms with van der Waals surface area (Å²) < 4.78 is 0. The number of aliphatic imine (C=N–C) groups is 1. The molecule has 0 fully saturated rings. The van der Waals surface area contributed by atoms with Crippen molar-refractivity contribution >= 4 is 26.0 Å². The van der Waals surface area contributed by atoms with Crippen molar-refractivity contribution in [2.45, 2.75) is 6.54 Å². The van der Waals surface area contributed by atoms with E-state index in [1.807, 2.05) is 42.5 Å². The largest absolute Gasteiger partial charge is 0.397 e. The number of hydrogen-bond donors (Lipinski definition) is 1. The lowest BCUT2D eigenvalue weighted by Crippen LogP contribution is -2.08. The van der Waals surface area contributed by atoms with Crippen molar-refractivity contribution in [1.82, 2.24) is 15.0 Å². The molecule has 3 aromatic rings. The normalized spacial score (nSPS) is 12.2. The minimum absolute atomic E-state index is 0.525. The van der Waals surface area contributed by atoms with Crippen LogP contribution in [0.5, 0.6) is 0 Å². The fourth-order valence-electron chi connectivity index (χ4n) is 2.24. The van der Waals surface area contributed by atoms with Crippen molar-refractivity contribution in [1.29, 1.82) is 0 Å². The van der Waals surface area contributed by atoms with Crippen molar-refractivity contribution in [2.75, 3.05) is 0 Å². The molecule has 3 rings (SSSR count). The van der Waals surface area contributed by atoms with Crippen LogP contribution in [0.15, 0.2) is 78.3 Å². The number of pyridine rings is 1. The van der Waals surface area contributed by atoms with E-state index in [0.29, 0.717) is 29.3 Å². The molecule has 124 valence electrons. The minimum Gasteiger partial charge on any atom is -0.397 e. The van der Waals surface area contributed by atoms with E-state index in [2.05, 4.69) is 24.2 Å². The van der Waals surface area contributed by atoms with Gasteiger partial charge in [-0.2, -0.15) is 0 Å². The number of hydrogen-bond acceptors (Lipinski definition) is 5. The molecule has 0 spiro atoms. The third kappa shape index (κ3) is 4.55. The Balaban J connectivity index is 1.96. The lowest BCUT2D eigenvalue weighted by Gasteiger charge is -2.06. The molecule has 2 aromatic heterocycles. The van der Waals surface area contributed by atoms with Gasteiger partial charge in [-0.3, -0.25) is 19.9 Å². The van der Waals surface area contributed by atoms with Gasteiger partial charge in [0, 0.05) is 18.6 Å². The van der Waals surface area contributed by atoms with Crippen LogP contribution in [0, 0.1) is 0 Å². The van der Waals surface area contributed by atoms with E-state index in [-0.39, 0.29) is 0 Å². The van der Waals surface area contributed by atoms with E-state index < -0.39 is 0 Å². The second kappa shape index (κ2) is 8.27. The highest BCUT2D eigenvalue weighted by Crippen LogP contribution is 2.09. The molecule has 6 heteroatoms. The van der Waals surface area contributed by atoms with Gasteiger partial charge in [0.1, 0.15) is 5.69 Å². The molecule has 0 saturated heterocycles. The van der Waals surface area contributed by atoms with Gasteiger partial charge in [-0.1, -0.05) is 30.3 Å². The first-order valence-corrected chi connectivity index (χ1v) is 8.34. The summed E-state index contributed by atoms with van der Waals surface area (Å²) in [7, 11) is 2.73. The summed E-state index contributed by atoms with van der Waals surface area (Å²) in [5.74, 6) is 0. The summed E-state index contributed by atoms with van der Waals surface area (Å²) in [6, 6.07) is 13.7. The molecular formula is C19H18N5P. The molecule has 5 nitrogen and oxygen atoms in total. The van der Waals surface area contributed by atoms with E-state index in [1.54, 1.807) is 30.9 Å². The van der Waals surface area contributed by atoms with Gasteiger partial charge in [0.05, 0.1) is 29.8 Å². The van der Waals surface area contributed by atoms with Crippen LogP contribution < -0.4 is 11.0 Å². The monoisotopic (exact) mass is 347 g/mol. The predicted octanol–water partition coefficient (Wildman–Crippen LogP) is 2.36. The summed E-state index contributed by atoms with van der Waals surface area (Å²) in [5.41, 5.74) is 9.89. The molecule has 1 aromatic carbocycles. The summed E-state index contributed by atoms with van der Waals surface area (Å²) >= 11 is 0. The lowest BCUT2D eigenvalue weighted by molar-refractivity contribution is 1.07. The number of rotatable bonds is 5. The van der Waals surface area contributed by atoms with E-state index >= 15 is 0 Å². The molecule has 0 bridgehead atoms. The first-order chi connectivity index (χ1) is 12.2. The first kappa shape index (κ1) is 16.9. The number of nitrogens with zero attached hydrogens (tertiary/aromatic N) is 4. The molecule has 0 amide bonds. The Morgan fingerprint density at radius 1 is 1.00 bits per heavy atom. The quantitative estimate of drug-likeness (QED) is 0.568. The van der Waals surface area contributed by atoms with Crippen LogP contribution >= 0.6 is 9.24 Å². The molecule has 0 aliphatic carbocycles. The third-order valence-electron chi connectivity index (χ3n) is 3.55. The van der Waals surface area contributed by atoms with Crippen molar-refractivity contribution < 1.29 is 0 Å². The van der Waals surface area contributed by atoms with Crippen molar-refractivity contribution in [3.8, 4) is 0 Å². The first-order valence-electron chi connectivity index (χ1n) is 7.77. The minimum atomic E-state index is 0.525. The fraction of sp³-hybridized carbons (Fsp3) is 0.0526. The van der Waals surface area contributed by atoms with Crippen molar-refractivity contribution in [3.63, 3.8) is 0 Å². The van der Waals surface area contributed by atoms with Crippen LogP contribution in [0.1, 0.15) is 17.0 Å². The zero-order chi connectivity index (χ0) is 17.5. The molecule has 0 aliphatic rings. The fourth-order valence-corrected chi connectivity index (χ4v) is 2.53. The number of nitrogens with two attached hydrogens (primary N) is 1. The van der Waals surface area contributed by atoms with Gasteiger partial charge in [0.25, 0.3) is 0 Å². The van der Waals surface area contributed by atoms with Crippen LogP contribution in [0.3, 0.4) is 0 Å². The Hall–Kier alpha value is -2.91. The Bertz CT molecular complexity index is 892. The standard InChI is InChI=1S/C19H18N5P/c20-15(16-6-3-4-8-22-16)11-17(18-13-21-9-10-23-18)24-12-14-5-1-2-7-19(14)25/h1-11,13H,12,20,25H2. The van der Waals surface area contributed by atoms with Gasteiger partial charge in [-0.25, -0.2) is 0 Å². The van der Waals surface area contributed by atoms with E-state index in [4.69, 9.17) is 10.7 Å². The smallest absolute Gasteiger partial charge is 0.107 e. The van der Waals surface area contributed by atoms with Crippen LogP contribution in [0.2, 0.25) is 0 Å². The van der Waals surface area contributed by atoms with E-state index in [0.717, 1.165) is 10.9 Å². The molecule has 2 heterocycles. The SMILES string of the molecule is NC(=CC(=NCc1ccccc1P)c1cnccn1)c1ccccn1. The Kier molecular flexibility index (Phi) is 5.60. The van der Waals surface area contributed by atoms with Gasteiger partial charge in [-0.15, -0.1) is 9.24 Å². The van der Waals surface area contributed by atoms with Crippen molar-refractivity contribution in [2.24, 2.45) is 10.7 Å². The Labute approximate surface area is 149 Å². The summed E-state index contributed by atoms with van der Waals surface area (Å²) in [6.07, 6.45) is 8.44. The highest BCUT2D eigenvalue weighted by atomic mass is 31.0. The Morgan fingerprint density at radius 2 is 1.80 bits per heavy atom. The molecule has 1 atom stereocenters. The topological polar surface area (TPSA) is 77.0 Å². The zero-order valence-electron chi connectivity index (χ0n) is 13.6. The number of aromatic nitrogens is 3. The maximum absolute atomic E-state index is 6.20. The van der Waals surface area contributed by atoms with Crippen LogP contribution in [-0.2, 0) is 6.54 Å². The van der Waals surface area contributed by atoms with E-state index in [1.165, 1.54) is 0 Å². The second-order valence-corrected chi connectivity index (χ2v) is 5.93. The van der Waals surface area contributed by atoms with Gasteiger partial charge in [-0.05, 0) is 29.1 Å². The zero-order valence-corrected chi connectivity index (χ0v) is 14.7. The van der Waals surface area contributed by atoms with Crippen LogP contribution in [0.4, 0.5) is 0 Å². The lowest BCUT2D eigenvalue weighted by atomic mass is 10.1. The van der Waals surface area contributed by atoms with Gasteiger partial charge in [0.2, 0.25) is 0 Å². The van der Waals surface area contributed by atoms with Crippen LogP contribution in [0.25, 0.3) is 5.70 Å². The van der Waals surface area contributed by atoms with Crippen molar-refractivity contribution in [3.05, 3.63) is 90.3 Å². The Morgan fingerprint density at radius 3 is 2.52 bits per heavy atom. The average Bonchev–Trinajstić information content (AvgIpc) is 2.67. The molecule has 0 radical (unpaired) electrons. The molecule has 0 saturated carbocycles. The molecule has 25 heavy (non-hydrogen) atoms. The van der Waals surface area contributed by atoms with Crippen LogP contribution in [-0.4, -0.2) is 20.7 Å². The number of allylic oxidation sites excluding steroid dienone is 1. The summed E-state index contributed by atoms with van der Waals surface area (Å²) in [6.45, 7) is 0.525. The highest BCUT2D eigenvalue weighted by molar-refractivity contribution is 7.27. The average molecular weight is 347 g/mol. The number of benzene rings is 1. The third-order valence-corrected chi connectivity index (χ3v) is 4.12.